The molecule has 0 spiro atoms. The van der Waals surface area contributed by atoms with E-state index in [-0.39, 0.29) is 18.7 Å². The zero-order chi connectivity index (χ0) is 27.9. The van der Waals surface area contributed by atoms with Crippen LogP contribution in [0.15, 0.2) is 60.7 Å². The average molecular weight is 537 g/mol. The maximum atomic E-state index is 14.4. The normalized spacial score (nSPS) is 17.9. The highest BCUT2D eigenvalue weighted by Crippen LogP contribution is 2.24. The SMILES string of the molecule is COC/C=C/c1ccccc1[C@H](C)NC(=O)[C@@H]1C[C@@H](F)CN1C(=O)CNC(=O)c1ccc2cc(F)ccc2n1. The van der Waals surface area contributed by atoms with Gasteiger partial charge in [-0.3, -0.25) is 14.4 Å². The first-order valence-corrected chi connectivity index (χ1v) is 12.6. The number of likely N-dealkylation sites (tertiary alicyclic amines) is 1. The topological polar surface area (TPSA) is 101 Å². The van der Waals surface area contributed by atoms with Gasteiger partial charge in [-0.15, -0.1) is 0 Å². The van der Waals surface area contributed by atoms with Crippen molar-refractivity contribution in [2.45, 2.75) is 31.6 Å². The highest BCUT2D eigenvalue weighted by molar-refractivity contribution is 5.97. The maximum absolute atomic E-state index is 14.4. The lowest BCUT2D eigenvalue weighted by Crippen LogP contribution is -2.49. The minimum atomic E-state index is -1.36. The zero-order valence-corrected chi connectivity index (χ0v) is 21.7. The molecule has 1 saturated heterocycles. The molecule has 1 fully saturated rings. The van der Waals surface area contributed by atoms with Gasteiger partial charge in [0, 0.05) is 18.9 Å². The van der Waals surface area contributed by atoms with E-state index in [2.05, 4.69) is 15.6 Å². The molecule has 0 unspecified atom stereocenters. The number of amides is 3. The first-order valence-electron chi connectivity index (χ1n) is 12.6. The van der Waals surface area contributed by atoms with E-state index in [1.807, 2.05) is 43.3 Å². The second kappa shape index (κ2) is 12.6. The molecule has 3 amide bonds. The Morgan fingerprint density at radius 2 is 1.97 bits per heavy atom. The number of fused-ring (bicyclic) bond motifs is 1. The van der Waals surface area contributed by atoms with Gasteiger partial charge in [0.15, 0.2) is 0 Å². The van der Waals surface area contributed by atoms with Crippen molar-refractivity contribution in [2.75, 3.05) is 26.8 Å². The van der Waals surface area contributed by atoms with E-state index < -0.39 is 48.3 Å². The Morgan fingerprint density at radius 1 is 1.18 bits per heavy atom. The third kappa shape index (κ3) is 6.83. The molecule has 4 rings (SSSR count). The number of ether oxygens (including phenoxy) is 1. The van der Waals surface area contributed by atoms with Crippen molar-refractivity contribution in [3.63, 3.8) is 0 Å². The third-order valence-corrected chi connectivity index (χ3v) is 6.54. The Bertz CT molecular complexity index is 1400. The third-order valence-electron chi connectivity index (χ3n) is 6.54. The highest BCUT2D eigenvalue weighted by atomic mass is 19.1. The van der Waals surface area contributed by atoms with E-state index in [1.165, 1.54) is 24.3 Å². The summed E-state index contributed by atoms with van der Waals surface area (Å²) < 4.78 is 32.8. The number of alkyl halides is 1. The number of hydrogen-bond donors (Lipinski definition) is 2. The summed E-state index contributed by atoms with van der Waals surface area (Å²) in [6.45, 7) is 1.60. The van der Waals surface area contributed by atoms with Gasteiger partial charge in [-0.25, -0.2) is 13.8 Å². The van der Waals surface area contributed by atoms with Crippen molar-refractivity contribution < 1.29 is 27.9 Å². The molecule has 1 aliphatic rings. The number of carbonyl (C=O) groups excluding carboxylic acids is 3. The Kier molecular flexibility index (Phi) is 8.98. The van der Waals surface area contributed by atoms with E-state index in [4.69, 9.17) is 4.74 Å². The first kappa shape index (κ1) is 27.8. The summed E-state index contributed by atoms with van der Waals surface area (Å²) in [5.74, 6) is -2.08. The van der Waals surface area contributed by atoms with Gasteiger partial charge in [-0.1, -0.05) is 42.5 Å². The standard InChI is InChI=1S/C29H30F2N4O4/c1-18(23-8-4-3-6-19(23)7-5-13-39-2)33-29(38)26-15-22(31)17-35(26)27(36)16-32-28(37)25-11-9-20-14-21(30)10-12-24(20)34-25/h3-12,14,18,22,26H,13,15-17H2,1-2H3,(H,32,37)(H,33,38)/b7-5+/t18-,22+,26-/m0/s1. The predicted octanol–water partition coefficient (Wildman–Crippen LogP) is 3.58. The lowest BCUT2D eigenvalue weighted by atomic mass is 10.0. The van der Waals surface area contributed by atoms with Crippen LogP contribution < -0.4 is 10.6 Å². The molecule has 10 heteroatoms. The van der Waals surface area contributed by atoms with Gasteiger partial charge in [-0.05, 0) is 42.3 Å². The number of aromatic nitrogens is 1. The van der Waals surface area contributed by atoms with Crippen LogP contribution in [0.5, 0.6) is 0 Å². The maximum Gasteiger partial charge on any atom is 0.270 e. The van der Waals surface area contributed by atoms with Crippen molar-refractivity contribution in [3.8, 4) is 0 Å². The van der Waals surface area contributed by atoms with Crippen LogP contribution in [0.4, 0.5) is 8.78 Å². The second-order valence-corrected chi connectivity index (χ2v) is 9.33. The number of nitrogens with zero attached hydrogens (tertiary/aromatic N) is 2. The molecule has 204 valence electrons. The average Bonchev–Trinajstić information content (AvgIpc) is 3.33. The van der Waals surface area contributed by atoms with E-state index in [1.54, 1.807) is 13.2 Å². The molecule has 0 aliphatic carbocycles. The van der Waals surface area contributed by atoms with Gasteiger partial charge in [-0.2, -0.15) is 0 Å². The molecule has 0 saturated carbocycles. The Balaban J connectivity index is 1.38. The second-order valence-electron chi connectivity index (χ2n) is 9.33. The molecular weight excluding hydrogens is 506 g/mol. The van der Waals surface area contributed by atoms with Crippen molar-refractivity contribution >= 4 is 34.7 Å². The van der Waals surface area contributed by atoms with Crippen LogP contribution in [0.1, 0.15) is 41.0 Å². The minimum Gasteiger partial charge on any atom is -0.381 e. The Morgan fingerprint density at radius 3 is 2.77 bits per heavy atom. The van der Waals surface area contributed by atoms with Gasteiger partial charge in [0.1, 0.15) is 23.7 Å². The molecule has 1 aliphatic heterocycles. The molecule has 39 heavy (non-hydrogen) atoms. The summed E-state index contributed by atoms with van der Waals surface area (Å²) in [6.07, 6.45) is 2.27. The summed E-state index contributed by atoms with van der Waals surface area (Å²) in [4.78, 5) is 44.0. The van der Waals surface area contributed by atoms with Crippen molar-refractivity contribution in [1.82, 2.24) is 20.5 Å². The molecule has 0 bridgehead atoms. The number of halogens is 2. The number of carbonyl (C=O) groups is 3. The van der Waals surface area contributed by atoms with Crippen LogP contribution in [0, 0.1) is 5.82 Å². The summed E-state index contributed by atoms with van der Waals surface area (Å²) in [5, 5.41) is 5.92. The fraction of sp³-hybridized carbons (Fsp3) is 0.310. The Labute approximate surface area is 225 Å². The lowest BCUT2D eigenvalue weighted by Gasteiger charge is -2.26. The molecule has 2 N–H and O–H groups in total. The van der Waals surface area contributed by atoms with Crippen molar-refractivity contribution in [2.24, 2.45) is 0 Å². The molecule has 8 nitrogen and oxygen atoms in total. The quantitative estimate of drug-likeness (QED) is 0.436. The molecule has 3 aromatic rings. The fourth-order valence-electron chi connectivity index (χ4n) is 4.60. The summed E-state index contributed by atoms with van der Waals surface area (Å²) >= 11 is 0. The lowest BCUT2D eigenvalue weighted by molar-refractivity contribution is -0.138. The molecular formula is C29H30F2N4O4. The van der Waals surface area contributed by atoms with Crippen molar-refractivity contribution in [3.05, 3.63) is 83.3 Å². The van der Waals surface area contributed by atoms with Crippen LogP contribution >= 0.6 is 0 Å². The van der Waals surface area contributed by atoms with Gasteiger partial charge >= 0.3 is 0 Å². The fourth-order valence-corrected chi connectivity index (χ4v) is 4.60. The minimum absolute atomic E-state index is 0.0491. The van der Waals surface area contributed by atoms with Crippen molar-refractivity contribution in [1.29, 1.82) is 0 Å². The Hall–Kier alpha value is -4.18. The number of hydrogen-bond acceptors (Lipinski definition) is 5. The van der Waals surface area contributed by atoms with Crippen LogP contribution in [0.3, 0.4) is 0 Å². The van der Waals surface area contributed by atoms with E-state index >= 15 is 0 Å². The van der Waals surface area contributed by atoms with E-state index in [0.717, 1.165) is 16.0 Å². The van der Waals surface area contributed by atoms with Gasteiger partial charge in [0.25, 0.3) is 5.91 Å². The first-order chi connectivity index (χ1) is 18.8. The molecule has 2 heterocycles. The van der Waals surface area contributed by atoms with Gasteiger partial charge < -0.3 is 20.3 Å². The number of pyridine rings is 1. The van der Waals surface area contributed by atoms with Crippen LogP contribution in [-0.2, 0) is 14.3 Å². The van der Waals surface area contributed by atoms with E-state index in [9.17, 15) is 23.2 Å². The largest absolute Gasteiger partial charge is 0.381 e. The van der Waals surface area contributed by atoms with Crippen LogP contribution in [-0.4, -0.2) is 66.6 Å². The van der Waals surface area contributed by atoms with Gasteiger partial charge in [0.05, 0.1) is 31.3 Å². The summed E-state index contributed by atoms with van der Waals surface area (Å²) in [7, 11) is 1.60. The molecule has 1 aromatic heterocycles. The monoisotopic (exact) mass is 536 g/mol. The molecule has 2 aromatic carbocycles. The smallest absolute Gasteiger partial charge is 0.270 e. The zero-order valence-electron chi connectivity index (χ0n) is 21.7. The molecule has 0 radical (unpaired) electrons. The van der Waals surface area contributed by atoms with Crippen LogP contribution in [0.25, 0.3) is 17.0 Å². The molecule has 3 atom stereocenters. The van der Waals surface area contributed by atoms with Crippen LogP contribution in [0.2, 0.25) is 0 Å². The number of nitrogens with one attached hydrogen (secondary N) is 2. The number of benzene rings is 2. The summed E-state index contributed by atoms with van der Waals surface area (Å²) in [6, 6.07) is 13.1. The van der Waals surface area contributed by atoms with Gasteiger partial charge in [0.2, 0.25) is 11.8 Å². The highest BCUT2D eigenvalue weighted by Gasteiger charge is 2.40. The van der Waals surface area contributed by atoms with E-state index in [0.29, 0.717) is 17.5 Å². The number of methoxy groups -OCH3 is 1. The number of rotatable bonds is 9. The predicted molar refractivity (Wildman–Crippen MR) is 143 cm³/mol. The summed E-state index contributed by atoms with van der Waals surface area (Å²) in [5.41, 5.74) is 2.24.